The van der Waals surface area contributed by atoms with Gasteiger partial charge in [-0.25, -0.2) is 0 Å². The van der Waals surface area contributed by atoms with Crippen LogP contribution in [0.25, 0.3) is 0 Å². The van der Waals surface area contributed by atoms with Crippen molar-refractivity contribution in [3.63, 3.8) is 0 Å². The molecule has 0 spiro atoms. The summed E-state index contributed by atoms with van der Waals surface area (Å²) < 4.78 is 0. The molecule has 0 aromatic heterocycles. The Morgan fingerprint density at radius 3 is 2.12 bits per heavy atom. The molecule has 0 unspecified atom stereocenters. The number of rotatable bonds is 4. The molecule has 0 aromatic rings. The van der Waals surface area contributed by atoms with Crippen LogP contribution in [0.15, 0.2) is 0 Å². The maximum atomic E-state index is 3.76. The molecule has 44 valence electrons. The van der Waals surface area contributed by atoms with Gasteiger partial charge in [-0.1, -0.05) is 32.6 Å². The number of hydrogen-bond acceptors (Lipinski definition) is 0. The summed E-state index contributed by atoms with van der Waals surface area (Å²) in [5.41, 5.74) is 0. The molecule has 0 aliphatic rings. The molecular formula is C7H15Y+2. The SMILES string of the molecule is [CH2-]CCCCCC.[Y+3]. The van der Waals surface area contributed by atoms with E-state index in [9.17, 15) is 0 Å². The summed E-state index contributed by atoms with van der Waals surface area (Å²) >= 11 is 0. The Balaban J connectivity index is 0. The van der Waals surface area contributed by atoms with Gasteiger partial charge in [0.05, 0.1) is 0 Å². The van der Waals surface area contributed by atoms with Crippen molar-refractivity contribution in [2.24, 2.45) is 0 Å². The standard InChI is InChI=1S/C7H15.Y/c1-3-5-7-6-4-2;/h1,3-7H2,2H3;/q-1;+3. The van der Waals surface area contributed by atoms with E-state index in [1.807, 2.05) is 0 Å². The van der Waals surface area contributed by atoms with Crippen LogP contribution in [0.4, 0.5) is 0 Å². The first-order valence-electron chi connectivity index (χ1n) is 3.21. The maximum Gasteiger partial charge on any atom is 3.00 e. The molecule has 0 atom stereocenters. The van der Waals surface area contributed by atoms with Gasteiger partial charge in [0.1, 0.15) is 0 Å². The van der Waals surface area contributed by atoms with Crippen LogP contribution in [0.2, 0.25) is 0 Å². The molecule has 0 saturated carbocycles. The van der Waals surface area contributed by atoms with Crippen LogP contribution < -0.4 is 0 Å². The van der Waals surface area contributed by atoms with Crippen LogP contribution in [0, 0.1) is 6.92 Å². The molecule has 0 nitrogen and oxygen atoms in total. The van der Waals surface area contributed by atoms with Gasteiger partial charge in [-0.2, -0.15) is 6.42 Å². The van der Waals surface area contributed by atoms with Crippen LogP contribution >= 0.6 is 0 Å². The monoisotopic (exact) mass is 188 g/mol. The van der Waals surface area contributed by atoms with E-state index in [4.69, 9.17) is 0 Å². The average Bonchev–Trinajstić information content (AvgIpc) is 1.69. The number of unbranched alkanes of at least 4 members (excludes halogenated alkanes) is 4. The summed E-state index contributed by atoms with van der Waals surface area (Å²) in [4.78, 5) is 0. The normalized spacial score (nSPS) is 8.25. The van der Waals surface area contributed by atoms with Crippen molar-refractivity contribution in [2.75, 3.05) is 0 Å². The summed E-state index contributed by atoms with van der Waals surface area (Å²) in [5.74, 6) is 0. The van der Waals surface area contributed by atoms with Gasteiger partial charge in [0.15, 0.2) is 0 Å². The zero-order chi connectivity index (χ0) is 5.54. The van der Waals surface area contributed by atoms with Crippen molar-refractivity contribution in [3.8, 4) is 0 Å². The molecule has 0 radical (unpaired) electrons. The Morgan fingerprint density at radius 2 is 1.75 bits per heavy atom. The predicted octanol–water partition coefficient (Wildman–Crippen LogP) is 2.79. The Labute approximate surface area is 78.3 Å². The first-order chi connectivity index (χ1) is 3.41. The third kappa shape index (κ3) is 10.2. The summed E-state index contributed by atoms with van der Waals surface area (Å²) in [6.45, 7) is 5.98. The third-order valence-electron chi connectivity index (χ3n) is 1.10. The fraction of sp³-hybridized carbons (Fsp3) is 0.857. The molecular weight excluding hydrogens is 173 g/mol. The summed E-state index contributed by atoms with van der Waals surface area (Å²) in [5, 5.41) is 0. The molecule has 0 aromatic carbocycles. The Hall–Kier alpha value is 1.10. The largest absolute Gasteiger partial charge is 3.00 e. The quantitative estimate of drug-likeness (QED) is 0.470. The van der Waals surface area contributed by atoms with Crippen molar-refractivity contribution >= 4 is 0 Å². The summed E-state index contributed by atoms with van der Waals surface area (Å²) in [6, 6.07) is 0. The molecule has 0 fully saturated rings. The van der Waals surface area contributed by atoms with Crippen LogP contribution in [-0.4, -0.2) is 0 Å². The smallest absolute Gasteiger partial charge is 0.343 e. The predicted molar refractivity (Wildman–Crippen MR) is 34.1 cm³/mol. The number of hydrogen-bond donors (Lipinski definition) is 0. The van der Waals surface area contributed by atoms with Gasteiger partial charge in [-0.05, 0) is 0 Å². The molecule has 0 bridgehead atoms. The fourth-order valence-corrected chi connectivity index (χ4v) is 0.604. The van der Waals surface area contributed by atoms with Crippen molar-refractivity contribution in [3.05, 3.63) is 6.92 Å². The molecule has 0 N–H and O–H groups in total. The molecule has 0 aliphatic carbocycles. The zero-order valence-electron chi connectivity index (χ0n) is 5.82. The van der Waals surface area contributed by atoms with Crippen LogP contribution in [0.5, 0.6) is 0 Å². The maximum absolute atomic E-state index is 3.76. The summed E-state index contributed by atoms with van der Waals surface area (Å²) in [7, 11) is 0. The van der Waals surface area contributed by atoms with E-state index in [2.05, 4.69) is 13.8 Å². The van der Waals surface area contributed by atoms with Gasteiger partial charge < -0.3 is 6.92 Å². The van der Waals surface area contributed by atoms with Gasteiger partial charge in [-0.15, -0.1) is 0 Å². The Bertz CT molecular complexity index is 23.6. The Morgan fingerprint density at radius 1 is 1.12 bits per heavy atom. The minimum absolute atomic E-state index is 0. The second-order valence-corrected chi connectivity index (χ2v) is 1.91. The van der Waals surface area contributed by atoms with Crippen molar-refractivity contribution in [2.45, 2.75) is 39.0 Å². The molecule has 0 rings (SSSR count). The van der Waals surface area contributed by atoms with E-state index in [1.54, 1.807) is 0 Å². The third-order valence-corrected chi connectivity index (χ3v) is 1.10. The van der Waals surface area contributed by atoms with Crippen molar-refractivity contribution < 1.29 is 32.7 Å². The molecule has 0 aliphatic heterocycles. The van der Waals surface area contributed by atoms with Crippen LogP contribution in [0.3, 0.4) is 0 Å². The minimum Gasteiger partial charge on any atom is -0.343 e. The van der Waals surface area contributed by atoms with Crippen LogP contribution in [0.1, 0.15) is 39.0 Å². The molecule has 0 saturated heterocycles. The van der Waals surface area contributed by atoms with E-state index in [1.165, 1.54) is 25.7 Å². The van der Waals surface area contributed by atoms with Gasteiger partial charge in [-0.3, -0.25) is 0 Å². The first kappa shape index (κ1) is 11.8. The fourth-order valence-electron chi connectivity index (χ4n) is 0.604. The van der Waals surface area contributed by atoms with E-state index in [0.29, 0.717) is 0 Å². The van der Waals surface area contributed by atoms with Crippen molar-refractivity contribution in [1.82, 2.24) is 0 Å². The Kier molecular flexibility index (Phi) is 16.3. The van der Waals surface area contributed by atoms with Gasteiger partial charge >= 0.3 is 32.7 Å². The molecule has 0 amide bonds. The van der Waals surface area contributed by atoms with Gasteiger partial charge in [0.2, 0.25) is 0 Å². The average molecular weight is 188 g/mol. The van der Waals surface area contributed by atoms with E-state index >= 15 is 0 Å². The molecule has 8 heavy (non-hydrogen) atoms. The van der Waals surface area contributed by atoms with E-state index < -0.39 is 0 Å². The van der Waals surface area contributed by atoms with E-state index in [0.717, 1.165) is 6.42 Å². The molecule has 1 heteroatoms. The van der Waals surface area contributed by atoms with Gasteiger partial charge in [0, 0.05) is 0 Å². The van der Waals surface area contributed by atoms with Crippen LogP contribution in [-0.2, 0) is 32.7 Å². The summed E-state index contributed by atoms with van der Waals surface area (Å²) in [6.07, 6.45) is 6.52. The minimum atomic E-state index is 0. The van der Waals surface area contributed by atoms with Gasteiger partial charge in [0.25, 0.3) is 0 Å². The van der Waals surface area contributed by atoms with Crippen molar-refractivity contribution in [1.29, 1.82) is 0 Å². The van der Waals surface area contributed by atoms with E-state index in [-0.39, 0.29) is 32.7 Å². The zero-order valence-corrected chi connectivity index (χ0v) is 8.66. The second-order valence-electron chi connectivity index (χ2n) is 1.91. The first-order valence-corrected chi connectivity index (χ1v) is 3.21. The molecule has 0 heterocycles. The second kappa shape index (κ2) is 11.0. The topological polar surface area (TPSA) is 0 Å².